The number of rotatable bonds is 32. The molecule has 1 heteroatoms. The first kappa shape index (κ1) is 37.1. The maximum atomic E-state index is 12.1. The summed E-state index contributed by atoms with van der Waals surface area (Å²) in [5.41, 5.74) is 0. The Morgan fingerprint density at radius 2 is 0.579 bits per heavy atom. The largest absolute Gasteiger partial charge is 0.300 e. The molecule has 1 nitrogen and oxygen atoms in total. The van der Waals surface area contributed by atoms with Gasteiger partial charge in [-0.15, -0.1) is 0 Å². The highest BCUT2D eigenvalue weighted by Gasteiger charge is 2.02. The van der Waals surface area contributed by atoms with Crippen molar-refractivity contribution < 1.29 is 4.79 Å². The molecule has 0 amide bonds. The van der Waals surface area contributed by atoms with Crippen LogP contribution in [0.15, 0.2) is 24.3 Å². The van der Waals surface area contributed by atoms with E-state index in [4.69, 9.17) is 0 Å². The number of unbranched alkanes of at least 4 members (excludes halogenated alkanes) is 24. The molecule has 0 bridgehead atoms. The lowest BCUT2D eigenvalue weighted by molar-refractivity contribution is -0.119. The summed E-state index contributed by atoms with van der Waals surface area (Å²) < 4.78 is 0. The molecule has 0 N–H and O–H groups in total. The summed E-state index contributed by atoms with van der Waals surface area (Å²) >= 11 is 0. The Kier molecular flexibility index (Phi) is 33.4. The molecule has 0 aliphatic carbocycles. The van der Waals surface area contributed by atoms with E-state index in [2.05, 4.69) is 38.2 Å². The SMILES string of the molecule is CCCCCCCC/C=C\CCCCCCCCC(=O)CCCCCCCC/C=C\CCCCCCCC. The van der Waals surface area contributed by atoms with E-state index in [1.165, 1.54) is 167 Å². The van der Waals surface area contributed by atoms with Crippen LogP contribution in [0.1, 0.15) is 206 Å². The predicted molar refractivity (Wildman–Crippen MR) is 173 cm³/mol. The van der Waals surface area contributed by atoms with Crippen LogP contribution < -0.4 is 0 Å². The Hall–Kier alpha value is -0.850. The number of allylic oxidation sites excluding steroid dienone is 4. The third-order valence-electron chi connectivity index (χ3n) is 7.93. The summed E-state index contributed by atoms with van der Waals surface area (Å²) in [6.07, 6.45) is 48.5. The first-order valence-electron chi connectivity index (χ1n) is 17.6. The quantitative estimate of drug-likeness (QED) is 0.0624. The molecule has 0 unspecified atom stereocenters. The van der Waals surface area contributed by atoms with E-state index in [0.717, 1.165) is 25.7 Å². The molecule has 0 aromatic rings. The van der Waals surface area contributed by atoms with E-state index in [1.54, 1.807) is 0 Å². The Morgan fingerprint density at radius 1 is 0.342 bits per heavy atom. The number of hydrogen-bond acceptors (Lipinski definition) is 1. The third kappa shape index (κ3) is 33.2. The third-order valence-corrected chi connectivity index (χ3v) is 7.93. The van der Waals surface area contributed by atoms with Crippen molar-refractivity contribution in [2.24, 2.45) is 0 Å². The molecule has 0 atom stereocenters. The van der Waals surface area contributed by atoms with Gasteiger partial charge >= 0.3 is 0 Å². The first-order chi connectivity index (χ1) is 18.8. The Balaban J connectivity index is 3.23. The summed E-state index contributed by atoms with van der Waals surface area (Å²) in [6.45, 7) is 4.57. The summed E-state index contributed by atoms with van der Waals surface area (Å²) in [5, 5.41) is 0. The maximum Gasteiger partial charge on any atom is 0.132 e. The smallest absolute Gasteiger partial charge is 0.132 e. The second-order valence-electron chi connectivity index (χ2n) is 11.9. The molecular weight excluding hydrogens is 460 g/mol. The Labute approximate surface area is 241 Å². The van der Waals surface area contributed by atoms with E-state index >= 15 is 0 Å². The monoisotopic (exact) mass is 531 g/mol. The van der Waals surface area contributed by atoms with Crippen LogP contribution in [0.5, 0.6) is 0 Å². The Morgan fingerprint density at radius 3 is 0.868 bits per heavy atom. The molecular formula is C37H70O. The van der Waals surface area contributed by atoms with Gasteiger partial charge in [0, 0.05) is 12.8 Å². The number of carbonyl (C=O) groups excluding carboxylic acids is 1. The van der Waals surface area contributed by atoms with E-state index in [9.17, 15) is 4.79 Å². The van der Waals surface area contributed by atoms with Gasteiger partial charge in [0.15, 0.2) is 0 Å². The van der Waals surface area contributed by atoms with Crippen molar-refractivity contribution in [2.75, 3.05) is 0 Å². The van der Waals surface area contributed by atoms with Crippen LogP contribution in [-0.2, 0) is 4.79 Å². The van der Waals surface area contributed by atoms with E-state index in [1.807, 2.05) is 0 Å². The van der Waals surface area contributed by atoms with Crippen molar-refractivity contribution in [2.45, 2.75) is 206 Å². The molecule has 0 saturated heterocycles. The minimum atomic E-state index is 0.510. The summed E-state index contributed by atoms with van der Waals surface area (Å²) in [5.74, 6) is 0.510. The van der Waals surface area contributed by atoms with Crippen LogP contribution in [0.4, 0.5) is 0 Å². The van der Waals surface area contributed by atoms with Crippen molar-refractivity contribution in [1.29, 1.82) is 0 Å². The van der Waals surface area contributed by atoms with Crippen LogP contribution in [-0.4, -0.2) is 5.78 Å². The molecule has 0 aromatic heterocycles. The van der Waals surface area contributed by atoms with Gasteiger partial charge in [0.2, 0.25) is 0 Å². The zero-order valence-electron chi connectivity index (χ0n) is 26.4. The molecule has 0 spiro atoms. The normalized spacial score (nSPS) is 11.8. The van der Waals surface area contributed by atoms with Crippen molar-refractivity contribution in [3.8, 4) is 0 Å². The number of carbonyl (C=O) groups is 1. The molecule has 0 saturated carbocycles. The molecule has 0 aromatic carbocycles. The Bertz CT molecular complexity index is 459. The minimum Gasteiger partial charge on any atom is -0.300 e. The molecule has 0 heterocycles. The van der Waals surface area contributed by atoms with Gasteiger partial charge in [-0.05, 0) is 64.2 Å². The highest BCUT2D eigenvalue weighted by molar-refractivity contribution is 5.78. The van der Waals surface area contributed by atoms with E-state index in [0.29, 0.717) is 5.78 Å². The molecule has 0 radical (unpaired) electrons. The number of ketones is 1. The van der Waals surface area contributed by atoms with Gasteiger partial charge in [0.05, 0.1) is 0 Å². The maximum absolute atomic E-state index is 12.1. The van der Waals surface area contributed by atoms with Crippen molar-refractivity contribution in [3.63, 3.8) is 0 Å². The molecule has 0 aliphatic rings. The second kappa shape index (κ2) is 34.2. The molecule has 224 valence electrons. The van der Waals surface area contributed by atoms with Gasteiger partial charge in [-0.3, -0.25) is 4.79 Å². The minimum absolute atomic E-state index is 0.510. The van der Waals surface area contributed by atoms with E-state index < -0.39 is 0 Å². The average Bonchev–Trinajstić information content (AvgIpc) is 2.92. The zero-order valence-corrected chi connectivity index (χ0v) is 26.4. The highest BCUT2D eigenvalue weighted by atomic mass is 16.1. The van der Waals surface area contributed by atoms with Crippen LogP contribution in [0, 0.1) is 0 Å². The highest BCUT2D eigenvalue weighted by Crippen LogP contribution is 2.14. The summed E-state index contributed by atoms with van der Waals surface area (Å²) in [6, 6.07) is 0. The van der Waals surface area contributed by atoms with Gasteiger partial charge < -0.3 is 0 Å². The molecule has 0 aliphatic heterocycles. The van der Waals surface area contributed by atoms with Crippen molar-refractivity contribution in [3.05, 3.63) is 24.3 Å². The van der Waals surface area contributed by atoms with Gasteiger partial charge in [-0.2, -0.15) is 0 Å². The summed E-state index contributed by atoms with van der Waals surface area (Å²) in [4.78, 5) is 12.1. The van der Waals surface area contributed by atoms with Crippen LogP contribution >= 0.6 is 0 Å². The first-order valence-corrected chi connectivity index (χ1v) is 17.6. The lowest BCUT2D eigenvalue weighted by atomic mass is 10.0. The fourth-order valence-electron chi connectivity index (χ4n) is 5.26. The molecule has 0 fully saturated rings. The van der Waals surface area contributed by atoms with Crippen molar-refractivity contribution >= 4 is 5.78 Å². The average molecular weight is 531 g/mol. The van der Waals surface area contributed by atoms with Crippen LogP contribution in [0.2, 0.25) is 0 Å². The van der Waals surface area contributed by atoms with Gasteiger partial charge in [-0.1, -0.05) is 154 Å². The standard InChI is InChI=1S/C37H70O/c1-3-5-7-9-11-13-15-17-19-21-23-25-27-29-31-33-35-37(38)36-34-32-30-28-26-24-22-20-18-16-14-12-10-8-6-4-2/h17-20H,3-16,21-36H2,1-2H3/b19-17-,20-18-. The van der Waals surface area contributed by atoms with E-state index in [-0.39, 0.29) is 0 Å². The fraction of sp³-hybridized carbons (Fsp3) is 0.865. The fourth-order valence-corrected chi connectivity index (χ4v) is 5.26. The lowest BCUT2D eigenvalue weighted by Crippen LogP contribution is -1.97. The zero-order chi connectivity index (χ0) is 27.6. The number of Topliss-reactive ketones (excluding diaryl/α,β-unsaturated/α-hetero) is 1. The lowest BCUT2D eigenvalue weighted by Gasteiger charge is -2.03. The molecule has 38 heavy (non-hydrogen) atoms. The van der Waals surface area contributed by atoms with Crippen LogP contribution in [0.3, 0.4) is 0 Å². The van der Waals surface area contributed by atoms with Crippen LogP contribution in [0.25, 0.3) is 0 Å². The van der Waals surface area contributed by atoms with Crippen molar-refractivity contribution in [1.82, 2.24) is 0 Å². The van der Waals surface area contributed by atoms with Gasteiger partial charge in [0.1, 0.15) is 5.78 Å². The number of hydrogen-bond donors (Lipinski definition) is 0. The van der Waals surface area contributed by atoms with Gasteiger partial charge in [0.25, 0.3) is 0 Å². The second-order valence-corrected chi connectivity index (χ2v) is 11.9. The van der Waals surface area contributed by atoms with Gasteiger partial charge in [-0.25, -0.2) is 0 Å². The predicted octanol–water partition coefficient (Wildman–Crippen LogP) is 13.4. The topological polar surface area (TPSA) is 17.1 Å². The summed E-state index contributed by atoms with van der Waals surface area (Å²) in [7, 11) is 0. The molecule has 0 rings (SSSR count).